The van der Waals surface area contributed by atoms with Crippen LogP contribution >= 0.6 is 11.6 Å². The Hall–Kier alpha value is -2.33. The van der Waals surface area contributed by atoms with Crippen molar-refractivity contribution in [2.75, 3.05) is 13.7 Å². The minimum absolute atomic E-state index is 0.252. The van der Waals surface area contributed by atoms with Crippen molar-refractivity contribution < 1.29 is 14.3 Å². The number of nitrogens with zero attached hydrogens (tertiary/aromatic N) is 1. The van der Waals surface area contributed by atoms with Crippen molar-refractivity contribution in [1.82, 2.24) is 4.90 Å². The summed E-state index contributed by atoms with van der Waals surface area (Å²) >= 11 is 5.91. The molecule has 4 nitrogen and oxygen atoms in total. The smallest absolute Gasteiger partial charge is 0.340 e. The zero-order valence-corrected chi connectivity index (χ0v) is 12.9. The number of carbonyl (C=O) groups excluding carboxylic acids is 2. The summed E-state index contributed by atoms with van der Waals surface area (Å²) in [6, 6.07) is 16.2. The first kappa shape index (κ1) is 16.0. The SMILES string of the molecule is CN(Cc1ccccc1)C(=O)COC(=O)c1ccccc1Cl. The number of ether oxygens (including phenoxy) is 1. The highest BCUT2D eigenvalue weighted by molar-refractivity contribution is 6.33. The first-order chi connectivity index (χ1) is 10.6. The van der Waals surface area contributed by atoms with Crippen LogP contribution in [0.3, 0.4) is 0 Å². The van der Waals surface area contributed by atoms with Gasteiger partial charge in [0, 0.05) is 13.6 Å². The number of benzene rings is 2. The van der Waals surface area contributed by atoms with Gasteiger partial charge in [-0.25, -0.2) is 4.79 Å². The normalized spacial score (nSPS) is 10.1. The van der Waals surface area contributed by atoms with Crippen LogP contribution in [0.2, 0.25) is 5.02 Å². The summed E-state index contributed by atoms with van der Waals surface area (Å²) in [6.07, 6.45) is 0. The monoisotopic (exact) mass is 317 g/mol. The van der Waals surface area contributed by atoms with Gasteiger partial charge >= 0.3 is 5.97 Å². The van der Waals surface area contributed by atoms with E-state index in [-0.39, 0.29) is 18.1 Å². The molecule has 0 aliphatic heterocycles. The summed E-state index contributed by atoms with van der Waals surface area (Å²) in [5.74, 6) is -0.878. The summed E-state index contributed by atoms with van der Waals surface area (Å²) in [7, 11) is 1.67. The lowest BCUT2D eigenvalue weighted by Crippen LogP contribution is -2.30. The molecule has 0 fully saturated rings. The Labute approximate surface area is 134 Å². The molecule has 0 aromatic heterocycles. The molecule has 0 atom stereocenters. The van der Waals surface area contributed by atoms with Gasteiger partial charge in [-0.2, -0.15) is 0 Å². The lowest BCUT2D eigenvalue weighted by molar-refractivity contribution is -0.133. The van der Waals surface area contributed by atoms with Gasteiger partial charge < -0.3 is 9.64 Å². The maximum absolute atomic E-state index is 12.0. The van der Waals surface area contributed by atoms with E-state index < -0.39 is 5.97 Å². The maximum atomic E-state index is 12.0. The molecule has 0 unspecified atom stereocenters. The molecule has 0 spiro atoms. The third kappa shape index (κ3) is 4.33. The fraction of sp³-hybridized carbons (Fsp3) is 0.176. The molecule has 0 saturated heterocycles. The van der Waals surface area contributed by atoms with Gasteiger partial charge in [0.2, 0.25) is 0 Å². The van der Waals surface area contributed by atoms with E-state index in [1.165, 1.54) is 4.90 Å². The summed E-state index contributed by atoms with van der Waals surface area (Å²) < 4.78 is 5.01. The Morgan fingerprint density at radius 3 is 2.36 bits per heavy atom. The lowest BCUT2D eigenvalue weighted by atomic mass is 10.2. The van der Waals surface area contributed by atoms with Gasteiger partial charge in [0.15, 0.2) is 6.61 Å². The van der Waals surface area contributed by atoms with Gasteiger partial charge in [-0.3, -0.25) is 4.79 Å². The highest BCUT2D eigenvalue weighted by Gasteiger charge is 2.15. The predicted molar refractivity (Wildman–Crippen MR) is 84.7 cm³/mol. The Morgan fingerprint density at radius 2 is 1.68 bits per heavy atom. The van der Waals surface area contributed by atoms with Gasteiger partial charge in [0.1, 0.15) is 0 Å². The van der Waals surface area contributed by atoms with E-state index in [2.05, 4.69) is 0 Å². The summed E-state index contributed by atoms with van der Waals surface area (Å²) in [6.45, 7) is 0.150. The molecule has 0 aliphatic carbocycles. The molecule has 0 saturated carbocycles. The van der Waals surface area contributed by atoms with Crippen molar-refractivity contribution >= 4 is 23.5 Å². The second-order valence-electron chi connectivity index (χ2n) is 4.79. The number of halogens is 1. The van der Waals surface area contributed by atoms with Crippen LogP contribution in [-0.4, -0.2) is 30.4 Å². The first-order valence-electron chi connectivity index (χ1n) is 6.77. The van der Waals surface area contributed by atoms with Crippen molar-refractivity contribution in [3.63, 3.8) is 0 Å². The van der Waals surface area contributed by atoms with Gasteiger partial charge in [-0.1, -0.05) is 54.1 Å². The van der Waals surface area contributed by atoms with E-state index in [4.69, 9.17) is 16.3 Å². The Morgan fingerprint density at radius 1 is 1.05 bits per heavy atom. The van der Waals surface area contributed by atoms with Gasteiger partial charge in [-0.05, 0) is 17.7 Å². The molecular formula is C17H16ClNO3. The fourth-order valence-corrected chi connectivity index (χ4v) is 2.10. The van der Waals surface area contributed by atoms with E-state index in [9.17, 15) is 9.59 Å². The highest BCUT2D eigenvalue weighted by atomic mass is 35.5. The van der Waals surface area contributed by atoms with Crippen molar-refractivity contribution in [1.29, 1.82) is 0 Å². The van der Waals surface area contributed by atoms with E-state index >= 15 is 0 Å². The fourth-order valence-electron chi connectivity index (χ4n) is 1.89. The third-order valence-electron chi connectivity index (χ3n) is 3.11. The molecule has 5 heteroatoms. The number of carbonyl (C=O) groups is 2. The minimum atomic E-state index is -0.605. The van der Waals surface area contributed by atoms with E-state index in [0.29, 0.717) is 11.6 Å². The molecule has 1 amide bonds. The minimum Gasteiger partial charge on any atom is -0.452 e. The van der Waals surface area contributed by atoms with Crippen LogP contribution in [-0.2, 0) is 16.1 Å². The third-order valence-corrected chi connectivity index (χ3v) is 3.44. The number of esters is 1. The second-order valence-corrected chi connectivity index (χ2v) is 5.20. The van der Waals surface area contributed by atoms with Gasteiger partial charge in [0.25, 0.3) is 5.91 Å². The number of rotatable bonds is 5. The zero-order valence-electron chi connectivity index (χ0n) is 12.2. The number of hydrogen-bond acceptors (Lipinski definition) is 3. The van der Waals surface area contributed by atoms with E-state index in [0.717, 1.165) is 5.56 Å². The van der Waals surface area contributed by atoms with Crippen molar-refractivity contribution in [2.45, 2.75) is 6.54 Å². The Bertz CT molecular complexity index is 658. The second kappa shape index (κ2) is 7.61. The number of likely N-dealkylation sites (N-methyl/N-ethyl adjacent to an activating group) is 1. The Balaban J connectivity index is 1.87. The lowest BCUT2D eigenvalue weighted by Gasteiger charge is -2.17. The van der Waals surface area contributed by atoms with Crippen LogP contribution in [0.5, 0.6) is 0 Å². The van der Waals surface area contributed by atoms with E-state index in [1.807, 2.05) is 30.3 Å². The molecule has 114 valence electrons. The van der Waals surface area contributed by atoms with Crippen LogP contribution in [0.4, 0.5) is 0 Å². The van der Waals surface area contributed by atoms with Crippen LogP contribution in [0.1, 0.15) is 15.9 Å². The first-order valence-corrected chi connectivity index (χ1v) is 7.15. The van der Waals surface area contributed by atoms with Crippen LogP contribution in [0.15, 0.2) is 54.6 Å². The summed E-state index contributed by atoms with van der Waals surface area (Å²) in [5, 5.41) is 0.303. The molecule has 2 rings (SSSR count). The van der Waals surface area contributed by atoms with Crippen molar-refractivity contribution in [2.24, 2.45) is 0 Å². The van der Waals surface area contributed by atoms with E-state index in [1.54, 1.807) is 31.3 Å². The molecule has 0 N–H and O–H groups in total. The maximum Gasteiger partial charge on any atom is 0.340 e. The largest absolute Gasteiger partial charge is 0.452 e. The average Bonchev–Trinajstić information content (AvgIpc) is 2.53. The molecule has 2 aromatic carbocycles. The molecule has 2 aromatic rings. The predicted octanol–water partition coefficient (Wildman–Crippen LogP) is 3.16. The number of hydrogen-bond donors (Lipinski definition) is 0. The van der Waals surface area contributed by atoms with Crippen molar-refractivity contribution in [3.05, 3.63) is 70.7 Å². The molecule has 0 heterocycles. The van der Waals surface area contributed by atoms with Crippen molar-refractivity contribution in [3.8, 4) is 0 Å². The van der Waals surface area contributed by atoms with Crippen LogP contribution in [0, 0.1) is 0 Å². The van der Waals surface area contributed by atoms with Gasteiger partial charge in [0.05, 0.1) is 10.6 Å². The standard InChI is InChI=1S/C17H16ClNO3/c1-19(11-13-7-3-2-4-8-13)16(20)12-22-17(21)14-9-5-6-10-15(14)18/h2-10H,11-12H2,1H3. The van der Waals surface area contributed by atoms with Gasteiger partial charge in [-0.15, -0.1) is 0 Å². The molecular weight excluding hydrogens is 302 g/mol. The van der Waals surface area contributed by atoms with Crippen LogP contribution in [0.25, 0.3) is 0 Å². The highest BCUT2D eigenvalue weighted by Crippen LogP contribution is 2.15. The summed E-state index contributed by atoms with van der Waals surface area (Å²) in [4.78, 5) is 25.4. The average molecular weight is 318 g/mol. The topological polar surface area (TPSA) is 46.6 Å². The molecule has 0 aliphatic rings. The van der Waals surface area contributed by atoms with Crippen LogP contribution < -0.4 is 0 Å². The molecule has 0 bridgehead atoms. The number of amides is 1. The zero-order chi connectivity index (χ0) is 15.9. The molecule has 0 radical (unpaired) electrons. The Kier molecular flexibility index (Phi) is 5.55. The summed E-state index contributed by atoms with van der Waals surface area (Å²) in [5.41, 5.74) is 1.26. The molecule has 22 heavy (non-hydrogen) atoms. The quantitative estimate of drug-likeness (QED) is 0.796.